The lowest BCUT2D eigenvalue weighted by Gasteiger charge is -2.22. The molecule has 2 aromatic carbocycles. The molecule has 0 aliphatic carbocycles. The molecule has 5 nitrogen and oxygen atoms in total. The molecule has 0 radical (unpaired) electrons. The van der Waals surface area contributed by atoms with E-state index in [1.54, 1.807) is 19.2 Å². The molecule has 0 spiro atoms. The lowest BCUT2D eigenvalue weighted by atomic mass is 10.1. The van der Waals surface area contributed by atoms with Gasteiger partial charge in [-0.15, -0.1) is 0 Å². The SMILES string of the molecule is COc1ccc2c(c1OC(C)C)C=CCN(S(=O)(=O)c1ccc(C)cc1)C2. The predicted octanol–water partition coefficient (Wildman–Crippen LogP) is 4.01. The van der Waals surface area contributed by atoms with Crippen molar-refractivity contribution in [3.8, 4) is 11.5 Å². The number of nitrogens with zero attached hydrogens (tertiary/aromatic N) is 1. The molecule has 144 valence electrons. The number of rotatable bonds is 5. The third-order valence-corrected chi connectivity index (χ3v) is 6.25. The zero-order valence-corrected chi connectivity index (χ0v) is 16.9. The van der Waals surface area contributed by atoms with Gasteiger partial charge in [-0.1, -0.05) is 35.9 Å². The minimum Gasteiger partial charge on any atom is -0.493 e. The van der Waals surface area contributed by atoms with E-state index >= 15 is 0 Å². The van der Waals surface area contributed by atoms with E-state index in [4.69, 9.17) is 9.47 Å². The first kappa shape index (κ1) is 19.5. The Kier molecular flexibility index (Phi) is 5.58. The molecule has 0 saturated heterocycles. The number of hydrogen-bond donors (Lipinski definition) is 0. The van der Waals surface area contributed by atoms with E-state index in [1.165, 1.54) is 4.31 Å². The first-order valence-electron chi connectivity index (χ1n) is 8.93. The van der Waals surface area contributed by atoms with Gasteiger partial charge in [-0.3, -0.25) is 0 Å². The van der Waals surface area contributed by atoms with Crippen LogP contribution < -0.4 is 9.47 Å². The van der Waals surface area contributed by atoms with Crippen LogP contribution in [0, 0.1) is 6.92 Å². The van der Waals surface area contributed by atoms with E-state index in [2.05, 4.69) is 0 Å². The fourth-order valence-corrected chi connectivity index (χ4v) is 4.41. The van der Waals surface area contributed by atoms with Gasteiger partial charge in [0.25, 0.3) is 0 Å². The van der Waals surface area contributed by atoms with Gasteiger partial charge in [-0.2, -0.15) is 4.31 Å². The monoisotopic (exact) mass is 387 g/mol. The summed E-state index contributed by atoms with van der Waals surface area (Å²) in [6, 6.07) is 10.7. The van der Waals surface area contributed by atoms with Gasteiger partial charge >= 0.3 is 0 Å². The van der Waals surface area contributed by atoms with Crippen LogP contribution in [0.2, 0.25) is 0 Å². The molecule has 2 aromatic rings. The molecule has 3 rings (SSSR count). The Labute approximate surface area is 161 Å². The number of ether oxygens (including phenoxy) is 2. The number of hydrogen-bond acceptors (Lipinski definition) is 4. The van der Waals surface area contributed by atoms with Crippen LogP contribution in [0.5, 0.6) is 11.5 Å². The Balaban J connectivity index is 2.00. The lowest BCUT2D eigenvalue weighted by molar-refractivity contribution is 0.229. The fourth-order valence-electron chi connectivity index (χ4n) is 3.04. The second-order valence-corrected chi connectivity index (χ2v) is 8.79. The van der Waals surface area contributed by atoms with Crippen LogP contribution in [0.1, 0.15) is 30.5 Å². The van der Waals surface area contributed by atoms with E-state index < -0.39 is 10.0 Å². The fraction of sp³-hybridized carbons (Fsp3) is 0.333. The van der Waals surface area contributed by atoms with E-state index in [0.29, 0.717) is 22.9 Å². The molecule has 0 saturated carbocycles. The molecule has 0 bridgehead atoms. The van der Waals surface area contributed by atoms with Crippen molar-refractivity contribution in [3.63, 3.8) is 0 Å². The largest absolute Gasteiger partial charge is 0.493 e. The standard InChI is InChI=1S/C21H25NO4S/c1-15(2)26-21-19-6-5-13-22(14-17(19)9-12-20(21)25-4)27(23,24)18-10-7-16(3)8-11-18/h5-12,15H,13-14H2,1-4H3. The topological polar surface area (TPSA) is 55.8 Å². The highest BCUT2D eigenvalue weighted by Gasteiger charge is 2.27. The summed E-state index contributed by atoms with van der Waals surface area (Å²) in [7, 11) is -1.99. The van der Waals surface area contributed by atoms with Crippen LogP contribution in [-0.4, -0.2) is 32.5 Å². The summed E-state index contributed by atoms with van der Waals surface area (Å²) in [5, 5.41) is 0. The molecule has 0 amide bonds. The van der Waals surface area contributed by atoms with Gasteiger partial charge in [-0.25, -0.2) is 8.42 Å². The third kappa shape index (κ3) is 4.01. The highest BCUT2D eigenvalue weighted by molar-refractivity contribution is 7.89. The maximum absolute atomic E-state index is 13.1. The third-order valence-electron chi connectivity index (χ3n) is 4.42. The molecule has 1 heterocycles. The van der Waals surface area contributed by atoms with Crippen molar-refractivity contribution in [2.75, 3.05) is 13.7 Å². The van der Waals surface area contributed by atoms with Crippen LogP contribution in [0.15, 0.2) is 47.4 Å². The molecule has 0 N–H and O–H groups in total. The van der Waals surface area contributed by atoms with Crippen molar-refractivity contribution in [1.82, 2.24) is 4.31 Å². The summed E-state index contributed by atoms with van der Waals surface area (Å²) >= 11 is 0. The number of sulfonamides is 1. The van der Waals surface area contributed by atoms with Gasteiger partial charge in [0, 0.05) is 18.7 Å². The molecule has 27 heavy (non-hydrogen) atoms. The number of aryl methyl sites for hydroxylation is 1. The van der Waals surface area contributed by atoms with Gasteiger partial charge in [0.1, 0.15) is 0 Å². The molecular formula is C21H25NO4S. The second kappa shape index (κ2) is 7.74. The maximum atomic E-state index is 13.1. The Morgan fingerprint density at radius 2 is 1.78 bits per heavy atom. The Morgan fingerprint density at radius 1 is 1.07 bits per heavy atom. The first-order chi connectivity index (χ1) is 12.8. The Bertz CT molecular complexity index is 947. The van der Waals surface area contributed by atoms with Crippen LogP contribution in [0.4, 0.5) is 0 Å². The summed E-state index contributed by atoms with van der Waals surface area (Å²) in [5.74, 6) is 1.29. The molecule has 0 aromatic heterocycles. The van der Waals surface area contributed by atoms with Gasteiger partial charge in [0.15, 0.2) is 11.5 Å². The van der Waals surface area contributed by atoms with Crippen molar-refractivity contribution >= 4 is 16.1 Å². The summed E-state index contributed by atoms with van der Waals surface area (Å²) in [5.41, 5.74) is 2.78. The summed E-state index contributed by atoms with van der Waals surface area (Å²) < 4.78 is 39.0. The van der Waals surface area contributed by atoms with Crippen molar-refractivity contribution in [2.24, 2.45) is 0 Å². The van der Waals surface area contributed by atoms with E-state index in [9.17, 15) is 8.42 Å². The smallest absolute Gasteiger partial charge is 0.243 e. The van der Waals surface area contributed by atoms with Crippen molar-refractivity contribution in [1.29, 1.82) is 0 Å². The van der Waals surface area contributed by atoms with Crippen LogP contribution in [0.25, 0.3) is 6.08 Å². The molecule has 1 aliphatic heterocycles. The Morgan fingerprint density at radius 3 is 2.41 bits per heavy atom. The molecule has 1 aliphatic rings. The van der Waals surface area contributed by atoms with Gasteiger partial charge < -0.3 is 9.47 Å². The molecule has 0 unspecified atom stereocenters. The lowest BCUT2D eigenvalue weighted by Crippen LogP contribution is -2.30. The summed E-state index contributed by atoms with van der Waals surface area (Å²) in [6.07, 6.45) is 3.75. The summed E-state index contributed by atoms with van der Waals surface area (Å²) in [4.78, 5) is 0.303. The molecular weight excluding hydrogens is 362 g/mol. The Hall–Kier alpha value is -2.31. The van der Waals surface area contributed by atoms with E-state index in [0.717, 1.165) is 16.7 Å². The zero-order chi connectivity index (χ0) is 19.6. The van der Waals surface area contributed by atoms with Crippen molar-refractivity contribution < 1.29 is 17.9 Å². The minimum atomic E-state index is -3.59. The van der Waals surface area contributed by atoms with Gasteiger partial charge in [-0.05, 0) is 44.5 Å². The second-order valence-electron chi connectivity index (χ2n) is 6.85. The minimum absolute atomic E-state index is 0.0190. The van der Waals surface area contributed by atoms with Crippen molar-refractivity contribution in [3.05, 3.63) is 59.2 Å². The van der Waals surface area contributed by atoms with E-state index in [-0.39, 0.29) is 12.6 Å². The number of methoxy groups -OCH3 is 1. The number of fused-ring (bicyclic) bond motifs is 1. The van der Waals surface area contributed by atoms with Crippen LogP contribution in [0.3, 0.4) is 0 Å². The van der Waals surface area contributed by atoms with E-state index in [1.807, 2.05) is 57.2 Å². The quantitative estimate of drug-likeness (QED) is 0.778. The molecule has 0 fully saturated rings. The van der Waals surface area contributed by atoms with Crippen LogP contribution in [-0.2, 0) is 16.6 Å². The number of benzene rings is 2. The molecule has 0 atom stereocenters. The molecule has 6 heteroatoms. The maximum Gasteiger partial charge on any atom is 0.243 e. The van der Waals surface area contributed by atoms with Crippen LogP contribution >= 0.6 is 0 Å². The zero-order valence-electron chi connectivity index (χ0n) is 16.1. The normalized spacial score (nSPS) is 14.7. The highest BCUT2D eigenvalue weighted by Crippen LogP contribution is 2.37. The highest BCUT2D eigenvalue weighted by atomic mass is 32.2. The average molecular weight is 388 g/mol. The predicted molar refractivity (Wildman–Crippen MR) is 107 cm³/mol. The summed E-state index contributed by atoms with van der Waals surface area (Å²) in [6.45, 7) is 6.41. The first-order valence-corrected chi connectivity index (χ1v) is 10.4. The van der Waals surface area contributed by atoms with Crippen molar-refractivity contribution in [2.45, 2.75) is 38.3 Å². The van der Waals surface area contributed by atoms with Gasteiger partial charge in [0.2, 0.25) is 10.0 Å². The van der Waals surface area contributed by atoms with Gasteiger partial charge in [0.05, 0.1) is 18.1 Å². The average Bonchev–Trinajstić information content (AvgIpc) is 2.85.